The molecule has 3 heterocycles. The first kappa shape index (κ1) is 23.9. The van der Waals surface area contributed by atoms with E-state index in [1.54, 1.807) is 4.90 Å². The van der Waals surface area contributed by atoms with E-state index in [4.69, 9.17) is 14.7 Å². The predicted molar refractivity (Wildman–Crippen MR) is 142 cm³/mol. The topological polar surface area (TPSA) is 85.9 Å². The number of rotatable bonds is 6. The number of ether oxygens (including phenoxy) is 1. The zero-order chi connectivity index (χ0) is 24.7. The maximum absolute atomic E-state index is 12.6. The minimum atomic E-state index is -0.274. The molecule has 0 atom stereocenters. The molecule has 2 aliphatic rings. The summed E-state index contributed by atoms with van der Waals surface area (Å²) in [5.41, 5.74) is 3.19. The van der Waals surface area contributed by atoms with E-state index in [0.29, 0.717) is 26.2 Å². The highest BCUT2D eigenvalue weighted by atomic mass is 16.6. The molecule has 1 aromatic heterocycles. The Labute approximate surface area is 212 Å². The van der Waals surface area contributed by atoms with Crippen LogP contribution in [-0.4, -0.2) is 73.3 Å². The number of aryl methyl sites for hydroxylation is 1. The summed E-state index contributed by atoms with van der Waals surface area (Å²) in [5, 5.41) is 6.83. The van der Waals surface area contributed by atoms with Gasteiger partial charge in [0.1, 0.15) is 18.2 Å². The van der Waals surface area contributed by atoms with E-state index in [9.17, 15) is 4.79 Å². The second kappa shape index (κ2) is 11.3. The highest BCUT2D eigenvalue weighted by Crippen LogP contribution is 2.25. The van der Waals surface area contributed by atoms with Gasteiger partial charge in [0.2, 0.25) is 5.95 Å². The third kappa shape index (κ3) is 6.04. The van der Waals surface area contributed by atoms with Crippen molar-refractivity contribution in [2.45, 2.75) is 13.5 Å². The standard InChI is InChI=1S/C27H33N7O2/c1-21-7-9-23(10-8-21)29-24-19-25(31-26(30-24)33-13-11-28-12-14-33)32-15-17-34(18-16-32)27(35)36-20-22-5-3-2-4-6-22/h2-10,19,28H,11-18,20H2,1H3,(H,29,30,31). The molecule has 9 nitrogen and oxygen atoms in total. The van der Waals surface area contributed by atoms with E-state index in [-0.39, 0.29) is 12.7 Å². The van der Waals surface area contributed by atoms with E-state index in [0.717, 1.165) is 55.0 Å². The molecule has 2 N–H and O–H groups in total. The first-order chi connectivity index (χ1) is 17.6. The predicted octanol–water partition coefficient (Wildman–Crippen LogP) is 3.40. The molecule has 5 rings (SSSR count). The van der Waals surface area contributed by atoms with Crippen molar-refractivity contribution in [1.82, 2.24) is 20.2 Å². The lowest BCUT2D eigenvalue weighted by Gasteiger charge is -2.35. The molecule has 1 amide bonds. The number of anilines is 4. The van der Waals surface area contributed by atoms with E-state index >= 15 is 0 Å². The molecule has 2 fully saturated rings. The van der Waals surface area contributed by atoms with Crippen LogP contribution >= 0.6 is 0 Å². The molecule has 0 saturated carbocycles. The molecule has 0 radical (unpaired) electrons. The SMILES string of the molecule is Cc1ccc(Nc2cc(N3CCN(C(=O)OCc4ccccc4)CC3)nc(N3CCNCC3)n2)cc1. The number of benzene rings is 2. The fourth-order valence-electron chi connectivity index (χ4n) is 4.37. The molecule has 2 aliphatic heterocycles. The average molecular weight is 488 g/mol. The van der Waals surface area contributed by atoms with Crippen molar-refractivity contribution in [2.75, 3.05) is 67.5 Å². The number of amides is 1. The molecule has 0 aliphatic carbocycles. The van der Waals surface area contributed by atoms with Gasteiger partial charge in [-0.15, -0.1) is 0 Å². The van der Waals surface area contributed by atoms with Crippen molar-refractivity contribution < 1.29 is 9.53 Å². The maximum Gasteiger partial charge on any atom is 0.410 e. The number of carbonyl (C=O) groups excluding carboxylic acids is 1. The zero-order valence-corrected chi connectivity index (χ0v) is 20.7. The van der Waals surface area contributed by atoms with Gasteiger partial charge in [-0.1, -0.05) is 48.0 Å². The second-order valence-corrected chi connectivity index (χ2v) is 9.15. The number of hydrogen-bond donors (Lipinski definition) is 2. The second-order valence-electron chi connectivity index (χ2n) is 9.15. The van der Waals surface area contributed by atoms with Crippen LogP contribution in [0.1, 0.15) is 11.1 Å². The monoisotopic (exact) mass is 487 g/mol. The molecule has 3 aromatic rings. The van der Waals surface area contributed by atoms with E-state index in [1.807, 2.05) is 36.4 Å². The fourth-order valence-corrected chi connectivity index (χ4v) is 4.37. The van der Waals surface area contributed by atoms with Gasteiger partial charge >= 0.3 is 6.09 Å². The highest BCUT2D eigenvalue weighted by molar-refractivity contribution is 5.68. The van der Waals surface area contributed by atoms with Crippen molar-refractivity contribution in [2.24, 2.45) is 0 Å². The van der Waals surface area contributed by atoms with Crippen molar-refractivity contribution in [3.63, 3.8) is 0 Å². The molecule has 0 unspecified atom stereocenters. The minimum Gasteiger partial charge on any atom is -0.445 e. The van der Waals surface area contributed by atoms with Gasteiger partial charge in [-0.2, -0.15) is 9.97 Å². The molecular formula is C27H33N7O2. The first-order valence-corrected chi connectivity index (χ1v) is 12.5. The highest BCUT2D eigenvalue weighted by Gasteiger charge is 2.25. The van der Waals surface area contributed by atoms with Crippen molar-refractivity contribution in [1.29, 1.82) is 0 Å². The van der Waals surface area contributed by atoms with Crippen molar-refractivity contribution in [3.05, 3.63) is 71.8 Å². The third-order valence-electron chi connectivity index (χ3n) is 6.49. The first-order valence-electron chi connectivity index (χ1n) is 12.5. The number of nitrogens with one attached hydrogen (secondary N) is 2. The van der Waals surface area contributed by atoms with Gasteiger partial charge in [0, 0.05) is 64.1 Å². The van der Waals surface area contributed by atoms with Crippen LogP contribution in [0.3, 0.4) is 0 Å². The molecule has 0 spiro atoms. The smallest absolute Gasteiger partial charge is 0.410 e. The number of hydrogen-bond acceptors (Lipinski definition) is 8. The molecule has 2 saturated heterocycles. The molecule has 188 valence electrons. The largest absolute Gasteiger partial charge is 0.445 e. The fraction of sp³-hybridized carbons (Fsp3) is 0.370. The summed E-state index contributed by atoms with van der Waals surface area (Å²) in [6.07, 6.45) is -0.274. The van der Waals surface area contributed by atoms with Gasteiger partial charge in [0.05, 0.1) is 0 Å². The van der Waals surface area contributed by atoms with Crippen LogP contribution in [0.2, 0.25) is 0 Å². The van der Waals surface area contributed by atoms with E-state index in [2.05, 4.69) is 51.6 Å². The number of carbonyl (C=O) groups is 1. The molecule has 0 bridgehead atoms. The maximum atomic E-state index is 12.6. The van der Waals surface area contributed by atoms with E-state index < -0.39 is 0 Å². The normalized spacial score (nSPS) is 16.1. The summed E-state index contributed by atoms with van der Waals surface area (Å²) < 4.78 is 5.52. The van der Waals surface area contributed by atoms with Gasteiger partial charge in [-0.25, -0.2) is 4.79 Å². The van der Waals surface area contributed by atoms with Gasteiger partial charge in [-0.3, -0.25) is 0 Å². The Morgan fingerprint density at radius 1 is 0.917 bits per heavy atom. The summed E-state index contributed by atoms with van der Waals surface area (Å²) in [6.45, 7) is 8.46. The summed E-state index contributed by atoms with van der Waals surface area (Å²) >= 11 is 0. The Morgan fingerprint density at radius 3 is 2.36 bits per heavy atom. The molecule has 2 aromatic carbocycles. The van der Waals surface area contributed by atoms with Crippen LogP contribution in [0.15, 0.2) is 60.7 Å². The lowest BCUT2D eigenvalue weighted by Crippen LogP contribution is -2.49. The van der Waals surface area contributed by atoms with Crippen LogP contribution in [0.4, 0.5) is 28.1 Å². The Morgan fingerprint density at radius 2 is 1.64 bits per heavy atom. The zero-order valence-electron chi connectivity index (χ0n) is 20.7. The van der Waals surface area contributed by atoms with Crippen molar-refractivity contribution in [3.8, 4) is 0 Å². The lowest BCUT2D eigenvalue weighted by atomic mass is 10.2. The summed E-state index contributed by atoms with van der Waals surface area (Å²) in [4.78, 5) is 28.5. The number of piperazine rings is 2. The van der Waals surface area contributed by atoms with Crippen LogP contribution in [0.25, 0.3) is 0 Å². The Bertz CT molecular complexity index is 1140. The summed E-state index contributed by atoms with van der Waals surface area (Å²) in [6, 6.07) is 20.0. The third-order valence-corrected chi connectivity index (χ3v) is 6.49. The quantitative estimate of drug-likeness (QED) is 0.547. The summed E-state index contributed by atoms with van der Waals surface area (Å²) in [5.74, 6) is 2.36. The van der Waals surface area contributed by atoms with Gasteiger partial charge in [-0.05, 0) is 24.6 Å². The Hall–Kier alpha value is -3.85. The lowest BCUT2D eigenvalue weighted by molar-refractivity contribution is 0.0941. The van der Waals surface area contributed by atoms with Gasteiger partial charge < -0.3 is 30.1 Å². The molecular weight excluding hydrogens is 454 g/mol. The van der Waals surface area contributed by atoms with Crippen LogP contribution in [-0.2, 0) is 11.3 Å². The Kier molecular flexibility index (Phi) is 7.47. The minimum absolute atomic E-state index is 0.274. The van der Waals surface area contributed by atoms with Crippen LogP contribution in [0.5, 0.6) is 0 Å². The summed E-state index contributed by atoms with van der Waals surface area (Å²) in [7, 11) is 0. The van der Waals surface area contributed by atoms with Gasteiger partial charge in [0.15, 0.2) is 0 Å². The van der Waals surface area contributed by atoms with E-state index in [1.165, 1.54) is 5.56 Å². The molecule has 9 heteroatoms. The number of nitrogens with zero attached hydrogens (tertiary/aromatic N) is 5. The van der Waals surface area contributed by atoms with Crippen molar-refractivity contribution >= 4 is 29.4 Å². The average Bonchev–Trinajstić information content (AvgIpc) is 2.94. The molecule has 36 heavy (non-hydrogen) atoms. The Balaban J connectivity index is 1.26. The van der Waals surface area contributed by atoms with Crippen LogP contribution in [0, 0.1) is 6.92 Å². The van der Waals surface area contributed by atoms with Crippen LogP contribution < -0.4 is 20.4 Å². The van der Waals surface area contributed by atoms with Gasteiger partial charge in [0.25, 0.3) is 0 Å². The number of aromatic nitrogens is 2.